The Morgan fingerprint density at radius 1 is 1.17 bits per heavy atom. The van der Waals surface area contributed by atoms with Gasteiger partial charge in [0.15, 0.2) is 5.78 Å². The standard InChI is InChI=1S/C22H23BrN4O3/c23-18-6-4-15(5-7-18)21(28)16-8-10-27(11-9-16)12-13-30-22(29)25-19-3-1-2-17-14-24-26-20(17)19/h1-7,14,16H,8-13H2,(H,24,26)(H,25,29). The Balaban J connectivity index is 1.19. The van der Waals surface area contributed by atoms with Crippen molar-refractivity contribution in [1.82, 2.24) is 15.1 Å². The lowest BCUT2D eigenvalue weighted by atomic mass is 9.89. The number of para-hydroxylation sites is 1. The molecule has 1 amide bonds. The molecular weight excluding hydrogens is 448 g/mol. The molecule has 1 fully saturated rings. The van der Waals surface area contributed by atoms with Crippen LogP contribution >= 0.6 is 15.9 Å². The van der Waals surface area contributed by atoms with E-state index in [4.69, 9.17) is 4.74 Å². The molecule has 0 spiro atoms. The van der Waals surface area contributed by atoms with Crippen molar-refractivity contribution in [3.63, 3.8) is 0 Å². The van der Waals surface area contributed by atoms with Gasteiger partial charge in [0.2, 0.25) is 0 Å². The maximum atomic E-state index is 12.6. The largest absolute Gasteiger partial charge is 0.448 e. The third-order valence-corrected chi connectivity index (χ3v) is 5.97. The highest BCUT2D eigenvalue weighted by molar-refractivity contribution is 9.10. The van der Waals surface area contributed by atoms with Gasteiger partial charge >= 0.3 is 6.09 Å². The summed E-state index contributed by atoms with van der Waals surface area (Å²) in [6, 6.07) is 13.1. The van der Waals surface area contributed by atoms with E-state index in [2.05, 4.69) is 36.3 Å². The molecule has 0 radical (unpaired) electrons. The van der Waals surface area contributed by atoms with Crippen LogP contribution in [0.1, 0.15) is 23.2 Å². The summed E-state index contributed by atoms with van der Waals surface area (Å²) in [7, 11) is 0. The number of ether oxygens (including phenoxy) is 1. The summed E-state index contributed by atoms with van der Waals surface area (Å²) in [6.45, 7) is 2.60. The van der Waals surface area contributed by atoms with E-state index in [0.29, 0.717) is 18.8 Å². The monoisotopic (exact) mass is 470 g/mol. The molecule has 0 saturated carbocycles. The molecule has 156 valence electrons. The van der Waals surface area contributed by atoms with Gasteiger partial charge in [0.25, 0.3) is 0 Å². The minimum Gasteiger partial charge on any atom is -0.448 e. The molecule has 1 saturated heterocycles. The Kier molecular flexibility index (Phi) is 6.44. The highest BCUT2D eigenvalue weighted by Gasteiger charge is 2.25. The molecule has 4 rings (SSSR count). The number of hydrogen-bond acceptors (Lipinski definition) is 5. The summed E-state index contributed by atoms with van der Waals surface area (Å²) in [5.74, 6) is 0.271. The van der Waals surface area contributed by atoms with Crippen LogP contribution in [0.25, 0.3) is 10.9 Å². The Labute approximate surface area is 182 Å². The van der Waals surface area contributed by atoms with E-state index in [1.165, 1.54) is 0 Å². The van der Waals surface area contributed by atoms with Gasteiger partial charge in [0, 0.05) is 27.9 Å². The van der Waals surface area contributed by atoms with Crippen molar-refractivity contribution in [2.24, 2.45) is 5.92 Å². The number of carbonyl (C=O) groups excluding carboxylic acids is 2. The van der Waals surface area contributed by atoms with Crippen LogP contribution < -0.4 is 5.32 Å². The number of aromatic nitrogens is 2. The normalized spacial score (nSPS) is 15.2. The predicted octanol–water partition coefficient (Wildman–Crippen LogP) is 4.47. The van der Waals surface area contributed by atoms with Crippen molar-refractivity contribution in [2.45, 2.75) is 12.8 Å². The molecule has 1 aliphatic rings. The number of nitrogens with zero attached hydrogens (tertiary/aromatic N) is 2. The van der Waals surface area contributed by atoms with Gasteiger partial charge in [-0.05, 0) is 44.1 Å². The average Bonchev–Trinajstić information content (AvgIpc) is 3.24. The fourth-order valence-electron chi connectivity index (χ4n) is 3.76. The number of piperidine rings is 1. The summed E-state index contributed by atoms with van der Waals surface area (Å²) >= 11 is 3.40. The van der Waals surface area contributed by atoms with Gasteiger partial charge in [-0.25, -0.2) is 4.79 Å². The number of hydrogen-bond donors (Lipinski definition) is 2. The molecule has 0 bridgehead atoms. The van der Waals surface area contributed by atoms with Crippen LogP contribution in [0.2, 0.25) is 0 Å². The van der Waals surface area contributed by atoms with Gasteiger partial charge < -0.3 is 4.74 Å². The van der Waals surface area contributed by atoms with E-state index < -0.39 is 6.09 Å². The first-order chi connectivity index (χ1) is 14.6. The van der Waals surface area contributed by atoms with Crippen molar-refractivity contribution in [3.8, 4) is 0 Å². The van der Waals surface area contributed by atoms with Gasteiger partial charge in [-0.1, -0.05) is 40.2 Å². The fourth-order valence-corrected chi connectivity index (χ4v) is 4.02. The molecule has 0 unspecified atom stereocenters. The fraction of sp³-hybridized carbons (Fsp3) is 0.318. The zero-order valence-electron chi connectivity index (χ0n) is 16.4. The number of halogens is 1. The topological polar surface area (TPSA) is 87.3 Å². The average molecular weight is 471 g/mol. The minimum absolute atomic E-state index is 0.0570. The van der Waals surface area contributed by atoms with Crippen molar-refractivity contribution >= 4 is 44.4 Å². The quantitative estimate of drug-likeness (QED) is 0.518. The van der Waals surface area contributed by atoms with Gasteiger partial charge in [0.1, 0.15) is 6.61 Å². The number of nitrogens with one attached hydrogen (secondary N) is 2. The van der Waals surface area contributed by atoms with Gasteiger partial charge in [-0.3, -0.25) is 20.1 Å². The number of ketones is 1. The number of carbonyl (C=O) groups is 2. The molecule has 2 heterocycles. The molecule has 3 aromatic rings. The Morgan fingerprint density at radius 2 is 1.93 bits per heavy atom. The molecule has 8 heteroatoms. The SMILES string of the molecule is O=C(Nc1cccc2cn[nH]c12)OCCN1CCC(C(=O)c2ccc(Br)cc2)CC1. The first kappa shape index (κ1) is 20.6. The highest BCUT2D eigenvalue weighted by atomic mass is 79.9. The van der Waals surface area contributed by atoms with Crippen LogP contribution in [0, 0.1) is 5.92 Å². The number of likely N-dealkylation sites (tertiary alicyclic amines) is 1. The molecule has 0 aliphatic carbocycles. The predicted molar refractivity (Wildman–Crippen MR) is 119 cm³/mol. The number of anilines is 1. The minimum atomic E-state index is -0.489. The Bertz CT molecular complexity index is 1030. The van der Waals surface area contributed by atoms with Crippen molar-refractivity contribution in [3.05, 3.63) is 58.7 Å². The Hall–Kier alpha value is -2.71. The van der Waals surface area contributed by atoms with Crippen molar-refractivity contribution < 1.29 is 14.3 Å². The first-order valence-electron chi connectivity index (χ1n) is 9.98. The summed E-state index contributed by atoms with van der Waals surface area (Å²) in [6.07, 6.45) is 2.86. The van der Waals surface area contributed by atoms with E-state index in [1.807, 2.05) is 36.4 Å². The molecule has 0 atom stereocenters. The van der Waals surface area contributed by atoms with E-state index in [9.17, 15) is 9.59 Å². The van der Waals surface area contributed by atoms with Gasteiger partial charge in [0.05, 0.1) is 17.4 Å². The zero-order valence-corrected chi connectivity index (χ0v) is 18.0. The molecule has 1 aliphatic heterocycles. The molecule has 1 aromatic heterocycles. The van der Waals surface area contributed by atoms with Crippen LogP contribution in [0.5, 0.6) is 0 Å². The molecule has 7 nitrogen and oxygen atoms in total. The molecular formula is C22H23BrN4O3. The van der Waals surface area contributed by atoms with Crippen molar-refractivity contribution in [2.75, 3.05) is 31.6 Å². The summed E-state index contributed by atoms with van der Waals surface area (Å²) < 4.78 is 6.30. The lowest BCUT2D eigenvalue weighted by molar-refractivity contribution is 0.0813. The van der Waals surface area contributed by atoms with E-state index in [1.54, 1.807) is 12.3 Å². The number of benzene rings is 2. The van der Waals surface area contributed by atoms with Crippen LogP contribution in [0.4, 0.5) is 10.5 Å². The number of Topliss-reactive ketones (excluding diaryl/α,β-unsaturated/α-hetero) is 1. The number of H-pyrrole nitrogens is 1. The summed E-state index contributed by atoms with van der Waals surface area (Å²) in [5.41, 5.74) is 2.18. The zero-order chi connectivity index (χ0) is 20.9. The van der Waals surface area contributed by atoms with E-state index in [0.717, 1.165) is 46.9 Å². The Morgan fingerprint density at radius 3 is 2.70 bits per heavy atom. The van der Waals surface area contributed by atoms with Crippen LogP contribution in [-0.2, 0) is 4.74 Å². The van der Waals surface area contributed by atoms with Crippen molar-refractivity contribution in [1.29, 1.82) is 0 Å². The molecule has 2 aromatic carbocycles. The molecule has 2 N–H and O–H groups in total. The van der Waals surface area contributed by atoms with Gasteiger partial charge in [-0.2, -0.15) is 5.10 Å². The molecule has 30 heavy (non-hydrogen) atoms. The number of rotatable bonds is 6. The number of fused-ring (bicyclic) bond motifs is 1. The van der Waals surface area contributed by atoms with E-state index >= 15 is 0 Å². The second-order valence-electron chi connectivity index (χ2n) is 7.39. The second kappa shape index (κ2) is 9.40. The lowest BCUT2D eigenvalue weighted by Gasteiger charge is -2.31. The third kappa shape index (κ3) is 4.88. The first-order valence-corrected chi connectivity index (χ1v) is 10.8. The summed E-state index contributed by atoms with van der Waals surface area (Å²) in [4.78, 5) is 27.0. The van der Waals surface area contributed by atoms with Crippen LogP contribution in [0.15, 0.2) is 53.1 Å². The van der Waals surface area contributed by atoms with E-state index in [-0.39, 0.29) is 11.7 Å². The second-order valence-corrected chi connectivity index (χ2v) is 8.30. The van der Waals surface area contributed by atoms with Crippen LogP contribution in [-0.4, -0.2) is 53.2 Å². The number of amides is 1. The third-order valence-electron chi connectivity index (χ3n) is 5.44. The maximum Gasteiger partial charge on any atom is 0.411 e. The van der Waals surface area contributed by atoms with Gasteiger partial charge in [-0.15, -0.1) is 0 Å². The lowest BCUT2D eigenvalue weighted by Crippen LogP contribution is -2.38. The van der Waals surface area contributed by atoms with Crippen LogP contribution in [0.3, 0.4) is 0 Å². The maximum absolute atomic E-state index is 12.6. The number of aromatic amines is 1. The summed E-state index contributed by atoms with van der Waals surface area (Å²) in [5, 5.41) is 10.5. The highest BCUT2D eigenvalue weighted by Crippen LogP contribution is 2.23. The smallest absolute Gasteiger partial charge is 0.411 e.